The van der Waals surface area contributed by atoms with Crippen LogP contribution in [0.4, 0.5) is 5.69 Å². The highest BCUT2D eigenvalue weighted by Gasteiger charge is 2.08. The average Bonchev–Trinajstić information content (AvgIpc) is 2.18. The van der Waals surface area contributed by atoms with Gasteiger partial charge in [0, 0.05) is 18.8 Å². The molecule has 0 fully saturated rings. The first kappa shape index (κ1) is 10.5. The van der Waals surface area contributed by atoms with Gasteiger partial charge in [0.1, 0.15) is 6.54 Å². The van der Waals surface area contributed by atoms with Crippen molar-refractivity contribution in [1.82, 2.24) is 0 Å². The Kier molecular flexibility index (Phi) is 3.94. The molecule has 0 aromatic heterocycles. The summed E-state index contributed by atoms with van der Waals surface area (Å²) in [7, 11) is 0. The molecule has 0 aliphatic heterocycles. The Morgan fingerprint density at radius 2 is 2.00 bits per heavy atom. The number of hydrogen-bond donors (Lipinski definition) is 2. The molecule has 0 spiro atoms. The van der Waals surface area contributed by atoms with Crippen molar-refractivity contribution >= 4 is 11.7 Å². The maximum Gasteiger partial charge on any atom is 0.323 e. The normalized spacial score (nSPS) is 9.79. The van der Waals surface area contributed by atoms with E-state index in [9.17, 15) is 4.79 Å². The lowest BCUT2D eigenvalue weighted by Crippen LogP contribution is -2.34. The van der Waals surface area contributed by atoms with Gasteiger partial charge in [-0.2, -0.15) is 0 Å². The molecule has 0 atom stereocenters. The van der Waals surface area contributed by atoms with Crippen molar-refractivity contribution in [2.75, 3.05) is 24.5 Å². The SMILES string of the molecule is NCCN(CC(=O)O)c1ccccc1. The van der Waals surface area contributed by atoms with Gasteiger partial charge in [0.05, 0.1) is 0 Å². The number of rotatable bonds is 5. The van der Waals surface area contributed by atoms with E-state index in [1.165, 1.54) is 0 Å². The number of aliphatic carboxylic acids is 1. The third kappa shape index (κ3) is 3.06. The molecule has 0 radical (unpaired) electrons. The Morgan fingerprint density at radius 1 is 1.36 bits per heavy atom. The van der Waals surface area contributed by atoms with Gasteiger partial charge in [0.15, 0.2) is 0 Å². The molecule has 3 N–H and O–H groups in total. The summed E-state index contributed by atoms with van der Waals surface area (Å²) in [4.78, 5) is 12.3. The minimum Gasteiger partial charge on any atom is -0.480 e. The summed E-state index contributed by atoms with van der Waals surface area (Å²) in [6, 6.07) is 9.39. The summed E-state index contributed by atoms with van der Waals surface area (Å²) < 4.78 is 0. The van der Waals surface area contributed by atoms with Gasteiger partial charge in [-0.25, -0.2) is 0 Å². The van der Waals surface area contributed by atoms with Crippen LogP contribution >= 0.6 is 0 Å². The van der Waals surface area contributed by atoms with E-state index in [1.807, 2.05) is 30.3 Å². The molecule has 14 heavy (non-hydrogen) atoms. The first-order valence-corrected chi connectivity index (χ1v) is 4.46. The van der Waals surface area contributed by atoms with Crippen molar-refractivity contribution < 1.29 is 9.90 Å². The molecule has 0 saturated heterocycles. The molecule has 1 aromatic carbocycles. The van der Waals surface area contributed by atoms with Crippen LogP contribution in [0.3, 0.4) is 0 Å². The fraction of sp³-hybridized carbons (Fsp3) is 0.300. The topological polar surface area (TPSA) is 66.6 Å². The predicted molar refractivity (Wildman–Crippen MR) is 55.3 cm³/mol. The second-order valence-electron chi connectivity index (χ2n) is 2.94. The monoisotopic (exact) mass is 194 g/mol. The number of nitrogens with two attached hydrogens (primary N) is 1. The zero-order valence-corrected chi connectivity index (χ0v) is 7.89. The molecule has 0 bridgehead atoms. The number of hydrogen-bond acceptors (Lipinski definition) is 3. The lowest BCUT2D eigenvalue weighted by atomic mass is 10.3. The number of benzene rings is 1. The Labute approximate surface area is 82.9 Å². The van der Waals surface area contributed by atoms with Crippen molar-refractivity contribution in [2.45, 2.75) is 0 Å². The van der Waals surface area contributed by atoms with E-state index in [0.29, 0.717) is 13.1 Å². The molecule has 4 heteroatoms. The highest BCUT2D eigenvalue weighted by atomic mass is 16.4. The fourth-order valence-corrected chi connectivity index (χ4v) is 1.26. The Balaban J connectivity index is 2.72. The Morgan fingerprint density at radius 3 is 2.50 bits per heavy atom. The molecular formula is C10H14N2O2. The van der Waals surface area contributed by atoms with E-state index in [4.69, 9.17) is 10.8 Å². The van der Waals surface area contributed by atoms with E-state index in [0.717, 1.165) is 5.69 Å². The molecule has 0 aliphatic carbocycles. The van der Waals surface area contributed by atoms with Gasteiger partial charge in [0.25, 0.3) is 0 Å². The molecule has 0 heterocycles. The molecule has 0 saturated carbocycles. The van der Waals surface area contributed by atoms with Crippen molar-refractivity contribution in [2.24, 2.45) is 5.73 Å². The Bertz CT molecular complexity index is 287. The second-order valence-corrected chi connectivity index (χ2v) is 2.94. The summed E-state index contributed by atoms with van der Waals surface area (Å²) in [6.45, 7) is 0.986. The van der Waals surface area contributed by atoms with Gasteiger partial charge in [0.2, 0.25) is 0 Å². The summed E-state index contributed by atoms with van der Waals surface area (Å²) in [5.74, 6) is -0.845. The number of carboxylic acids is 1. The minimum absolute atomic E-state index is 0.0127. The van der Waals surface area contributed by atoms with Crippen LogP contribution in [0.1, 0.15) is 0 Å². The minimum atomic E-state index is -0.845. The standard InChI is InChI=1S/C10H14N2O2/c11-6-7-12(8-10(13)14)9-4-2-1-3-5-9/h1-5H,6-8,11H2,(H,13,14). The zero-order valence-electron chi connectivity index (χ0n) is 7.89. The molecule has 0 aliphatic rings. The van der Waals surface area contributed by atoms with Crippen LogP contribution in [0.25, 0.3) is 0 Å². The smallest absolute Gasteiger partial charge is 0.323 e. The molecule has 0 unspecified atom stereocenters. The van der Waals surface area contributed by atoms with E-state index >= 15 is 0 Å². The maximum atomic E-state index is 10.6. The summed E-state index contributed by atoms with van der Waals surface area (Å²) in [6.07, 6.45) is 0. The van der Waals surface area contributed by atoms with E-state index < -0.39 is 5.97 Å². The lowest BCUT2D eigenvalue weighted by molar-refractivity contribution is -0.135. The highest BCUT2D eigenvalue weighted by molar-refractivity contribution is 5.73. The van der Waals surface area contributed by atoms with Gasteiger partial charge in [-0.3, -0.25) is 4.79 Å². The van der Waals surface area contributed by atoms with Crippen LogP contribution in [-0.2, 0) is 4.79 Å². The highest BCUT2D eigenvalue weighted by Crippen LogP contribution is 2.11. The summed E-state index contributed by atoms with van der Waals surface area (Å²) in [5, 5.41) is 8.69. The molecular weight excluding hydrogens is 180 g/mol. The zero-order chi connectivity index (χ0) is 10.4. The fourth-order valence-electron chi connectivity index (χ4n) is 1.26. The average molecular weight is 194 g/mol. The van der Waals surface area contributed by atoms with Crippen LogP contribution in [0.5, 0.6) is 0 Å². The van der Waals surface area contributed by atoms with E-state index in [1.54, 1.807) is 4.90 Å². The number of para-hydroxylation sites is 1. The number of carboxylic acid groups (broad SMARTS) is 1. The predicted octanol–water partition coefficient (Wildman–Crippen LogP) is 0.536. The van der Waals surface area contributed by atoms with E-state index in [-0.39, 0.29) is 6.54 Å². The first-order valence-electron chi connectivity index (χ1n) is 4.46. The van der Waals surface area contributed by atoms with Crippen molar-refractivity contribution in [3.8, 4) is 0 Å². The molecule has 4 nitrogen and oxygen atoms in total. The number of anilines is 1. The maximum absolute atomic E-state index is 10.6. The van der Waals surface area contributed by atoms with Crippen LogP contribution in [0.15, 0.2) is 30.3 Å². The molecule has 0 amide bonds. The van der Waals surface area contributed by atoms with Crippen molar-refractivity contribution in [1.29, 1.82) is 0 Å². The van der Waals surface area contributed by atoms with Crippen LogP contribution < -0.4 is 10.6 Å². The van der Waals surface area contributed by atoms with Crippen molar-refractivity contribution in [3.05, 3.63) is 30.3 Å². The molecule has 1 rings (SSSR count). The van der Waals surface area contributed by atoms with Gasteiger partial charge < -0.3 is 15.7 Å². The van der Waals surface area contributed by atoms with Gasteiger partial charge in [-0.15, -0.1) is 0 Å². The largest absolute Gasteiger partial charge is 0.480 e. The van der Waals surface area contributed by atoms with Crippen LogP contribution in [0.2, 0.25) is 0 Å². The number of carbonyl (C=O) groups is 1. The van der Waals surface area contributed by atoms with Crippen LogP contribution in [0, 0.1) is 0 Å². The third-order valence-electron chi connectivity index (χ3n) is 1.85. The third-order valence-corrected chi connectivity index (χ3v) is 1.85. The summed E-state index contributed by atoms with van der Waals surface area (Å²) in [5.41, 5.74) is 6.30. The number of nitrogens with zero attached hydrogens (tertiary/aromatic N) is 1. The Hall–Kier alpha value is -1.55. The quantitative estimate of drug-likeness (QED) is 0.717. The van der Waals surface area contributed by atoms with Crippen LogP contribution in [-0.4, -0.2) is 30.7 Å². The van der Waals surface area contributed by atoms with Crippen molar-refractivity contribution in [3.63, 3.8) is 0 Å². The van der Waals surface area contributed by atoms with Gasteiger partial charge in [-0.05, 0) is 12.1 Å². The van der Waals surface area contributed by atoms with Gasteiger partial charge in [-0.1, -0.05) is 18.2 Å². The molecule has 1 aromatic rings. The molecule has 76 valence electrons. The summed E-state index contributed by atoms with van der Waals surface area (Å²) >= 11 is 0. The van der Waals surface area contributed by atoms with E-state index in [2.05, 4.69) is 0 Å². The van der Waals surface area contributed by atoms with Gasteiger partial charge >= 0.3 is 5.97 Å². The first-order chi connectivity index (χ1) is 6.74. The lowest BCUT2D eigenvalue weighted by Gasteiger charge is -2.21. The second kappa shape index (κ2) is 5.24.